The van der Waals surface area contributed by atoms with Crippen molar-refractivity contribution in [3.05, 3.63) is 105 Å². The fraction of sp³-hybridized carbons (Fsp3) is 0.120. The van der Waals surface area contributed by atoms with Gasteiger partial charge in [0, 0.05) is 0 Å². The van der Waals surface area contributed by atoms with E-state index in [-0.39, 0.29) is 11.6 Å². The van der Waals surface area contributed by atoms with E-state index in [1.165, 1.54) is 20.9 Å². The molecule has 1 aliphatic heterocycles. The number of rotatable bonds is 2. The fourth-order valence-electron chi connectivity index (χ4n) is 4.51. The SMILES string of the molecule is O=C1C(=CC2=CC=C(N3Cc4[se]c5ccccc5c4C3)C2)C(=O)c2ccccc21. The van der Waals surface area contributed by atoms with Crippen molar-refractivity contribution in [3.63, 3.8) is 0 Å². The third kappa shape index (κ3) is 2.57. The predicted octanol–water partition coefficient (Wildman–Crippen LogP) is 4.43. The van der Waals surface area contributed by atoms with Gasteiger partial charge in [-0.15, -0.1) is 0 Å². The minimum atomic E-state index is -0.152. The Bertz CT molecular complexity index is 1280. The Morgan fingerprint density at radius 1 is 0.862 bits per heavy atom. The van der Waals surface area contributed by atoms with Gasteiger partial charge in [-0.3, -0.25) is 0 Å². The van der Waals surface area contributed by atoms with Crippen LogP contribution in [0.25, 0.3) is 9.65 Å². The molecule has 0 N–H and O–H groups in total. The average Bonchev–Trinajstić information content (AvgIpc) is 3.48. The number of carbonyl (C=O) groups is 2. The van der Waals surface area contributed by atoms with Crippen LogP contribution in [0.2, 0.25) is 0 Å². The molecular formula is C25H17NO2Se. The van der Waals surface area contributed by atoms with E-state index < -0.39 is 0 Å². The van der Waals surface area contributed by atoms with Crippen LogP contribution in [0.5, 0.6) is 0 Å². The Hall–Kier alpha value is -2.94. The Balaban J connectivity index is 1.21. The first kappa shape index (κ1) is 17.0. The summed E-state index contributed by atoms with van der Waals surface area (Å²) in [4.78, 5) is 27.7. The zero-order valence-corrected chi connectivity index (χ0v) is 17.4. The van der Waals surface area contributed by atoms with Crippen molar-refractivity contribution in [2.75, 3.05) is 0 Å². The van der Waals surface area contributed by atoms with E-state index in [1.807, 2.05) is 0 Å². The normalized spacial score (nSPS) is 17.7. The van der Waals surface area contributed by atoms with E-state index in [4.69, 9.17) is 0 Å². The van der Waals surface area contributed by atoms with Crippen LogP contribution in [0, 0.1) is 0 Å². The van der Waals surface area contributed by atoms with Crippen LogP contribution < -0.4 is 0 Å². The van der Waals surface area contributed by atoms with Crippen molar-refractivity contribution in [1.82, 2.24) is 4.90 Å². The number of nitrogens with zero attached hydrogens (tertiary/aromatic N) is 1. The minimum absolute atomic E-state index is 0.152. The van der Waals surface area contributed by atoms with Gasteiger partial charge in [0.05, 0.1) is 0 Å². The van der Waals surface area contributed by atoms with E-state index in [0.717, 1.165) is 25.1 Å². The van der Waals surface area contributed by atoms with Crippen molar-refractivity contribution >= 4 is 35.7 Å². The molecule has 2 heterocycles. The molecule has 2 aliphatic carbocycles. The molecule has 0 bridgehead atoms. The number of carbonyl (C=O) groups excluding carboxylic acids is 2. The molecule has 0 radical (unpaired) electrons. The van der Waals surface area contributed by atoms with Gasteiger partial charge in [0.1, 0.15) is 0 Å². The molecule has 140 valence electrons. The zero-order valence-electron chi connectivity index (χ0n) is 15.6. The average molecular weight is 442 g/mol. The van der Waals surface area contributed by atoms with E-state index in [2.05, 4.69) is 41.3 Å². The summed E-state index contributed by atoms with van der Waals surface area (Å²) < 4.78 is 3.09. The van der Waals surface area contributed by atoms with Gasteiger partial charge < -0.3 is 0 Å². The number of hydrogen-bond donors (Lipinski definition) is 0. The van der Waals surface area contributed by atoms with Gasteiger partial charge in [-0.1, -0.05) is 0 Å². The van der Waals surface area contributed by atoms with Crippen molar-refractivity contribution in [2.45, 2.75) is 19.5 Å². The van der Waals surface area contributed by atoms with Crippen molar-refractivity contribution in [2.24, 2.45) is 0 Å². The maximum atomic E-state index is 12.6. The van der Waals surface area contributed by atoms with Gasteiger partial charge in [-0.25, -0.2) is 0 Å². The molecule has 2 aromatic carbocycles. The second-order valence-corrected chi connectivity index (χ2v) is 10.1. The Kier molecular flexibility index (Phi) is 3.67. The molecule has 29 heavy (non-hydrogen) atoms. The van der Waals surface area contributed by atoms with Crippen molar-refractivity contribution in [3.8, 4) is 0 Å². The second-order valence-electron chi connectivity index (χ2n) is 7.69. The first-order valence-corrected chi connectivity index (χ1v) is 11.4. The van der Waals surface area contributed by atoms with Crippen LogP contribution in [0.1, 0.15) is 37.1 Å². The standard InChI is InChI=1S/C25H17NO2Se/c27-24-18-6-1-2-7-19(18)25(28)20(24)12-15-9-10-16(11-15)26-13-21-17-5-3-4-8-22(17)29-23(21)14-26/h1-10,12H,11,13-14H2. The zero-order chi connectivity index (χ0) is 19.5. The van der Waals surface area contributed by atoms with Crippen LogP contribution in [0.4, 0.5) is 0 Å². The molecule has 1 aromatic heterocycles. The summed E-state index contributed by atoms with van der Waals surface area (Å²) in [7, 11) is 0. The molecule has 3 aromatic rings. The number of Topliss-reactive ketones (excluding diaryl/α,β-unsaturated/α-hetero) is 2. The summed E-state index contributed by atoms with van der Waals surface area (Å²) in [6.07, 6.45) is 6.76. The number of allylic oxidation sites excluding steroid dienone is 5. The van der Waals surface area contributed by atoms with E-state index in [1.54, 1.807) is 34.8 Å². The van der Waals surface area contributed by atoms with E-state index in [9.17, 15) is 9.59 Å². The molecule has 4 heteroatoms. The van der Waals surface area contributed by atoms with Crippen LogP contribution in [-0.2, 0) is 13.1 Å². The predicted molar refractivity (Wildman–Crippen MR) is 114 cm³/mol. The molecule has 0 unspecified atom stereocenters. The third-order valence-electron chi connectivity index (χ3n) is 5.98. The number of ketones is 2. The quantitative estimate of drug-likeness (QED) is 0.335. The molecule has 3 aliphatic rings. The Labute approximate surface area is 174 Å². The number of hydrogen-bond acceptors (Lipinski definition) is 3. The van der Waals surface area contributed by atoms with Gasteiger partial charge >= 0.3 is 174 Å². The summed E-state index contributed by atoms with van der Waals surface area (Å²) in [6.45, 7) is 1.96. The third-order valence-corrected chi connectivity index (χ3v) is 8.49. The summed E-state index contributed by atoms with van der Waals surface area (Å²) >= 11 is 0.437. The number of fused-ring (bicyclic) bond motifs is 4. The van der Waals surface area contributed by atoms with Crippen LogP contribution in [-0.4, -0.2) is 31.0 Å². The topological polar surface area (TPSA) is 37.4 Å². The summed E-state index contributed by atoms with van der Waals surface area (Å²) in [6, 6.07) is 15.8. The van der Waals surface area contributed by atoms with Gasteiger partial charge in [0.25, 0.3) is 0 Å². The first-order chi connectivity index (χ1) is 14.2. The van der Waals surface area contributed by atoms with Gasteiger partial charge in [0.2, 0.25) is 0 Å². The second kappa shape index (κ2) is 6.28. The summed E-state index contributed by atoms with van der Waals surface area (Å²) in [5.41, 5.74) is 5.15. The number of benzene rings is 2. The van der Waals surface area contributed by atoms with Crippen LogP contribution in [0.15, 0.2) is 83.6 Å². The van der Waals surface area contributed by atoms with E-state index in [0.29, 0.717) is 31.2 Å². The summed E-state index contributed by atoms with van der Waals surface area (Å²) in [5, 5.41) is 1.43. The molecule has 0 amide bonds. The van der Waals surface area contributed by atoms with Crippen LogP contribution >= 0.6 is 0 Å². The molecule has 3 nitrogen and oxygen atoms in total. The molecular weight excluding hydrogens is 425 g/mol. The summed E-state index contributed by atoms with van der Waals surface area (Å²) in [5.74, 6) is -0.304. The Morgan fingerprint density at radius 2 is 1.59 bits per heavy atom. The van der Waals surface area contributed by atoms with Gasteiger partial charge in [-0.05, 0) is 0 Å². The van der Waals surface area contributed by atoms with Gasteiger partial charge in [0.15, 0.2) is 0 Å². The molecule has 0 atom stereocenters. The monoisotopic (exact) mass is 443 g/mol. The maximum absolute atomic E-state index is 12.6. The van der Waals surface area contributed by atoms with Crippen molar-refractivity contribution < 1.29 is 9.59 Å². The van der Waals surface area contributed by atoms with E-state index >= 15 is 0 Å². The molecule has 0 saturated carbocycles. The molecule has 0 saturated heterocycles. The molecule has 0 fully saturated rings. The first-order valence-electron chi connectivity index (χ1n) is 9.73. The van der Waals surface area contributed by atoms with Crippen molar-refractivity contribution in [1.29, 1.82) is 0 Å². The molecule has 6 rings (SSSR count). The van der Waals surface area contributed by atoms with Gasteiger partial charge in [-0.2, -0.15) is 0 Å². The Morgan fingerprint density at radius 3 is 2.38 bits per heavy atom. The van der Waals surface area contributed by atoms with Crippen LogP contribution in [0.3, 0.4) is 0 Å². The fourth-order valence-corrected chi connectivity index (χ4v) is 7.09. The molecule has 0 spiro atoms.